The molecular weight excluding hydrogens is 246 g/mol. The number of thioether (sulfide) groups is 1. The van der Waals surface area contributed by atoms with E-state index in [1.165, 1.54) is 0 Å². The number of fused-ring (bicyclic) bond motifs is 1. The Morgan fingerprint density at radius 2 is 2.33 bits per heavy atom. The predicted octanol–water partition coefficient (Wildman–Crippen LogP) is 1.14. The maximum atomic E-state index is 14.2. The van der Waals surface area contributed by atoms with E-state index in [0.717, 1.165) is 36.0 Å². The molecule has 0 amide bonds. The molecule has 2 atom stereocenters. The minimum absolute atomic E-state index is 0.143. The molecule has 0 unspecified atom stereocenters. The number of aliphatic imine (C=N–C) groups is 1. The van der Waals surface area contributed by atoms with E-state index in [2.05, 4.69) is 4.99 Å². The topological polar surface area (TPSA) is 38.4 Å². The summed E-state index contributed by atoms with van der Waals surface area (Å²) in [6, 6.07) is 5.31. The Morgan fingerprint density at radius 1 is 1.50 bits per heavy atom. The number of benzene rings is 1. The Bertz CT molecular complexity index is 520. The summed E-state index contributed by atoms with van der Waals surface area (Å²) >= 11 is 1.60. The molecule has 2 N–H and O–H groups in total. The number of nitrogens with two attached hydrogens (primary N) is 1. The van der Waals surface area contributed by atoms with E-state index in [1.807, 2.05) is 20.0 Å². The van der Waals surface area contributed by atoms with Crippen LogP contribution in [0.5, 0.6) is 0 Å². The van der Waals surface area contributed by atoms with E-state index >= 15 is 0 Å². The van der Waals surface area contributed by atoms with Gasteiger partial charge in [0.2, 0.25) is 0 Å². The second-order valence-electron chi connectivity index (χ2n) is 5.26. The van der Waals surface area contributed by atoms with Gasteiger partial charge in [-0.3, -0.25) is 4.99 Å². The van der Waals surface area contributed by atoms with Crippen molar-refractivity contribution in [3.05, 3.63) is 29.6 Å². The smallest absolute Gasteiger partial charge is 0.154 e. The van der Waals surface area contributed by atoms with E-state index in [9.17, 15) is 4.39 Å². The number of nitrogens with zero attached hydrogens (tertiary/aromatic N) is 1. The van der Waals surface area contributed by atoms with Gasteiger partial charge in [-0.1, -0.05) is 35.8 Å². The molecule has 0 spiro atoms. The van der Waals surface area contributed by atoms with Crippen molar-refractivity contribution >= 4 is 30.2 Å². The van der Waals surface area contributed by atoms with Crippen LogP contribution in [0.1, 0.15) is 24.8 Å². The van der Waals surface area contributed by atoms with Crippen LogP contribution in [-0.4, -0.2) is 18.8 Å². The van der Waals surface area contributed by atoms with Gasteiger partial charge < -0.3 is 5.73 Å². The lowest BCUT2D eigenvalue weighted by Gasteiger charge is -2.36. The molecule has 3 rings (SSSR count). The Morgan fingerprint density at radius 3 is 3.17 bits per heavy atom. The summed E-state index contributed by atoms with van der Waals surface area (Å²) in [5.41, 5.74) is 7.32. The van der Waals surface area contributed by atoms with Crippen molar-refractivity contribution in [3.63, 3.8) is 0 Å². The lowest BCUT2D eigenvalue weighted by Crippen LogP contribution is -2.37. The summed E-state index contributed by atoms with van der Waals surface area (Å²) < 4.78 is 14.2. The highest BCUT2D eigenvalue weighted by Gasteiger charge is 2.47. The summed E-state index contributed by atoms with van der Waals surface area (Å²) in [6.07, 6.45) is 3.14. The van der Waals surface area contributed by atoms with Crippen LogP contribution in [0.3, 0.4) is 0 Å². The van der Waals surface area contributed by atoms with Crippen molar-refractivity contribution in [1.82, 2.24) is 0 Å². The Labute approximate surface area is 112 Å². The van der Waals surface area contributed by atoms with Crippen LogP contribution in [0.25, 0.3) is 0 Å². The average molecular weight is 262 g/mol. The number of amidine groups is 1. The SMILES string of the molecule is Bc1ccc(F)c([C@]23CCC[C@H]2CSC(N)=N3)c1. The second kappa shape index (κ2) is 4.30. The Balaban J connectivity index is 2.17. The molecule has 18 heavy (non-hydrogen) atoms. The molecule has 1 aliphatic carbocycles. The van der Waals surface area contributed by atoms with Crippen LogP contribution in [0, 0.1) is 11.7 Å². The number of hydrogen-bond acceptors (Lipinski definition) is 3. The molecule has 1 aromatic rings. The van der Waals surface area contributed by atoms with Gasteiger partial charge in [0.1, 0.15) is 13.7 Å². The first-order chi connectivity index (χ1) is 8.62. The highest BCUT2D eigenvalue weighted by molar-refractivity contribution is 8.13. The van der Waals surface area contributed by atoms with E-state index in [-0.39, 0.29) is 5.82 Å². The van der Waals surface area contributed by atoms with Gasteiger partial charge in [-0.15, -0.1) is 0 Å². The zero-order chi connectivity index (χ0) is 12.8. The van der Waals surface area contributed by atoms with Crippen LogP contribution in [-0.2, 0) is 5.54 Å². The normalized spacial score (nSPS) is 30.9. The molecule has 1 aromatic carbocycles. The maximum absolute atomic E-state index is 14.2. The van der Waals surface area contributed by atoms with Crippen LogP contribution in [0.4, 0.5) is 4.39 Å². The van der Waals surface area contributed by atoms with E-state index in [1.54, 1.807) is 17.8 Å². The molecule has 5 heteroatoms. The molecule has 0 bridgehead atoms. The highest BCUT2D eigenvalue weighted by Crippen LogP contribution is 2.51. The highest BCUT2D eigenvalue weighted by atomic mass is 32.2. The summed E-state index contributed by atoms with van der Waals surface area (Å²) in [7, 11) is 1.99. The lowest BCUT2D eigenvalue weighted by molar-refractivity contribution is 0.341. The molecule has 1 fully saturated rings. The van der Waals surface area contributed by atoms with Crippen molar-refractivity contribution in [2.24, 2.45) is 16.6 Å². The van der Waals surface area contributed by atoms with Gasteiger partial charge >= 0.3 is 0 Å². The second-order valence-corrected chi connectivity index (χ2v) is 6.30. The summed E-state index contributed by atoms with van der Waals surface area (Å²) in [6.45, 7) is 0. The van der Waals surface area contributed by atoms with Gasteiger partial charge in [0.25, 0.3) is 0 Å². The molecule has 1 heterocycles. The minimum atomic E-state index is -0.397. The van der Waals surface area contributed by atoms with Crippen LogP contribution >= 0.6 is 11.8 Å². The van der Waals surface area contributed by atoms with Crippen LogP contribution in [0.15, 0.2) is 23.2 Å². The van der Waals surface area contributed by atoms with Gasteiger partial charge in [0, 0.05) is 11.3 Å². The zero-order valence-corrected chi connectivity index (χ0v) is 11.3. The van der Waals surface area contributed by atoms with Crippen molar-refractivity contribution in [2.75, 3.05) is 5.75 Å². The molecule has 94 valence electrons. The van der Waals surface area contributed by atoms with Crippen molar-refractivity contribution in [3.8, 4) is 0 Å². The quantitative estimate of drug-likeness (QED) is 0.771. The summed E-state index contributed by atoms with van der Waals surface area (Å²) in [5.74, 6) is 1.24. The largest absolute Gasteiger partial charge is 0.379 e. The van der Waals surface area contributed by atoms with Gasteiger partial charge in [0.05, 0.1) is 5.54 Å². The Kier molecular flexibility index (Phi) is 2.89. The fourth-order valence-electron chi connectivity index (χ4n) is 3.23. The zero-order valence-electron chi connectivity index (χ0n) is 10.4. The number of rotatable bonds is 1. The third-order valence-corrected chi connectivity index (χ3v) is 5.07. The Hall–Kier alpha value is -0.965. The first kappa shape index (κ1) is 12.1. The molecule has 2 aliphatic rings. The molecule has 2 nitrogen and oxygen atoms in total. The van der Waals surface area contributed by atoms with Crippen LogP contribution < -0.4 is 11.2 Å². The summed E-state index contributed by atoms with van der Waals surface area (Å²) in [4.78, 5) is 4.67. The average Bonchev–Trinajstić information content (AvgIpc) is 2.76. The predicted molar refractivity (Wildman–Crippen MR) is 77.7 cm³/mol. The van der Waals surface area contributed by atoms with Gasteiger partial charge in [-0.25, -0.2) is 4.39 Å². The third-order valence-electron chi connectivity index (χ3n) is 4.12. The first-order valence-electron chi connectivity index (χ1n) is 6.36. The lowest BCUT2D eigenvalue weighted by atomic mass is 9.79. The molecule has 1 saturated carbocycles. The molecule has 0 radical (unpaired) electrons. The van der Waals surface area contributed by atoms with Gasteiger partial charge in [-0.05, 0) is 24.8 Å². The number of hydrogen-bond donors (Lipinski definition) is 1. The maximum Gasteiger partial charge on any atom is 0.154 e. The van der Waals surface area contributed by atoms with E-state index in [0.29, 0.717) is 11.1 Å². The fourth-order valence-corrected chi connectivity index (χ4v) is 4.27. The first-order valence-corrected chi connectivity index (χ1v) is 7.35. The van der Waals surface area contributed by atoms with Crippen molar-refractivity contribution in [1.29, 1.82) is 0 Å². The number of halogens is 1. The standard InChI is InChI=1S/C13H16BFN2S/c14-9-3-4-11(15)10(6-9)13-5-1-2-8(13)7-18-12(16)17-13/h3-4,6,8H,1-2,5,7,14H2,(H2,16,17)/t8-,13-/m0/s1. The third kappa shape index (κ3) is 1.76. The monoisotopic (exact) mass is 262 g/mol. The molecule has 1 aliphatic heterocycles. The molecular formula is C13H16BFN2S. The van der Waals surface area contributed by atoms with Crippen molar-refractivity contribution in [2.45, 2.75) is 24.8 Å². The van der Waals surface area contributed by atoms with E-state index in [4.69, 9.17) is 5.73 Å². The molecule has 0 saturated heterocycles. The van der Waals surface area contributed by atoms with Gasteiger partial charge in [-0.2, -0.15) is 0 Å². The minimum Gasteiger partial charge on any atom is -0.379 e. The van der Waals surface area contributed by atoms with Gasteiger partial charge in [0.15, 0.2) is 5.17 Å². The van der Waals surface area contributed by atoms with Crippen LogP contribution in [0.2, 0.25) is 0 Å². The summed E-state index contributed by atoms with van der Waals surface area (Å²) in [5, 5.41) is 0.606. The fraction of sp³-hybridized carbons (Fsp3) is 0.462. The van der Waals surface area contributed by atoms with Crippen molar-refractivity contribution < 1.29 is 4.39 Å². The molecule has 0 aromatic heterocycles. The van der Waals surface area contributed by atoms with E-state index < -0.39 is 5.54 Å².